The van der Waals surface area contributed by atoms with Crippen LogP contribution in [-0.2, 0) is 11.2 Å². The third-order valence-electron chi connectivity index (χ3n) is 6.78. The summed E-state index contributed by atoms with van der Waals surface area (Å²) < 4.78 is 5.68. The number of rotatable bonds is 7. The molecule has 3 heterocycles. The number of piperazine rings is 1. The van der Waals surface area contributed by atoms with Crippen LogP contribution >= 0.6 is 0 Å². The van der Waals surface area contributed by atoms with Crippen molar-refractivity contribution in [3.63, 3.8) is 0 Å². The van der Waals surface area contributed by atoms with Crippen LogP contribution in [-0.4, -0.2) is 66.7 Å². The van der Waals surface area contributed by atoms with E-state index in [-0.39, 0.29) is 12.4 Å². The molecule has 154 valence electrons. The van der Waals surface area contributed by atoms with Gasteiger partial charge in [0.2, 0.25) is 0 Å². The van der Waals surface area contributed by atoms with Gasteiger partial charge in [-0.1, -0.05) is 12.8 Å². The molecule has 2 aliphatic heterocycles. The van der Waals surface area contributed by atoms with Crippen LogP contribution in [0.3, 0.4) is 0 Å². The molecule has 3 aliphatic rings. The summed E-state index contributed by atoms with van der Waals surface area (Å²) in [5.74, 6) is 3.46. The van der Waals surface area contributed by atoms with Gasteiger partial charge >= 0.3 is 0 Å². The topological polar surface area (TPSA) is 65.9 Å². The smallest absolute Gasteiger partial charge is 0.158 e. The van der Waals surface area contributed by atoms with Gasteiger partial charge in [-0.2, -0.15) is 0 Å². The van der Waals surface area contributed by atoms with E-state index in [1.54, 1.807) is 0 Å². The molecule has 0 bridgehead atoms. The minimum Gasteiger partial charge on any atom is -0.493 e. The molecule has 6 heteroatoms. The third-order valence-corrected chi connectivity index (χ3v) is 6.78. The number of fused-ring (bicyclic) bond motifs is 1. The summed E-state index contributed by atoms with van der Waals surface area (Å²) in [6.45, 7) is 5.96. The first-order valence-electron chi connectivity index (χ1n) is 10.9. The van der Waals surface area contributed by atoms with Crippen molar-refractivity contribution in [2.75, 3.05) is 50.8 Å². The lowest BCUT2D eigenvalue weighted by Gasteiger charge is -2.37. The summed E-state index contributed by atoms with van der Waals surface area (Å²) in [6, 6.07) is 1.98. The Morgan fingerprint density at radius 3 is 2.64 bits per heavy atom. The van der Waals surface area contributed by atoms with Crippen molar-refractivity contribution < 1.29 is 14.6 Å². The van der Waals surface area contributed by atoms with E-state index in [1.807, 2.05) is 12.3 Å². The SMILES string of the molecule is O=C(CO)CC1CCC(CCN2CCN(c3nccc4c3CCO4)CC2)CC1. The molecule has 1 saturated carbocycles. The van der Waals surface area contributed by atoms with Gasteiger partial charge < -0.3 is 14.7 Å². The number of Topliss-reactive ketones (excluding diaryl/α,β-unsaturated/α-hetero) is 1. The Balaban J connectivity index is 1.18. The maximum atomic E-state index is 11.4. The van der Waals surface area contributed by atoms with Gasteiger partial charge in [-0.05, 0) is 43.7 Å². The van der Waals surface area contributed by atoms with E-state index in [0.29, 0.717) is 12.3 Å². The number of hydrogen-bond acceptors (Lipinski definition) is 6. The molecule has 2 fully saturated rings. The fourth-order valence-corrected chi connectivity index (χ4v) is 5.03. The van der Waals surface area contributed by atoms with Crippen molar-refractivity contribution in [1.82, 2.24) is 9.88 Å². The minimum absolute atomic E-state index is 0.00596. The van der Waals surface area contributed by atoms with Crippen molar-refractivity contribution in [2.24, 2.45) is 11.8 Å². The molecule has 0 radical (unpaired) electrons. The lowest BCUT2D eigenvalue weighted by atomic mass is 9.78. The number of carbonyl (C=O) groups excluding carboxylic acids is 1. The van der Waals surface area contributed by atoms with E-state index in [0.717, 1.165) is 69.5 Å². The quantitative estimate of drug-likeness (QED) is 0.774. The normalized spacial score (nSPS) is 25.4. The van der Waals surface area contributed by atoms with Crippen molar-refractivity contribution >= 4 is 11.6 Å². The molecular formula is C22H33N3O3. The molecule has 4 rings (SSSR count). The van der Waals surface area contributed by atoms with Crippen molar-refractivity contribution in [3.8, 4) is 5.75 Å². The highest BCUT2D eigenvalue weighted by molar-refractivity contribution is 5.79. The van der Waals surface area contributed by atoms with Gasteiger partial charge in [0, 0.05) is 50.8 Å². The molecule has 0 amide bonds. The van der Waals surface area contributed by atoms with E-state index in [9.17, 15) is 4.79 Å². The molecule has 1 aromatic heterocycles. The first kappa shape index (κ1) is 19.6. The molecule has 28 heavy (non-hydrogen) atoms. The summed E-state index contributed by atoms with van der Waals surface area (Å²) in [7, 11) is 0. The fraction of sp³-hybridized carbons (Fsp3) is 0.727. The predicted molar refractivity (Wildman–Crippen MR) is 109 cm³/mol. The predicted octanol–water partition coefficient (Wildman–Crippen LogP) is 2.29. The number of ketones is 1. The molecular weight excluding hydrogens is 354 g/mol. The summed E-state index contributed by atoms with van der Waals surface area (Å²) >= 11 is 0. The number of aliphatic hydroxyl groups is 1. The Labute approximate surface area is 167 Å². The maximum absolute atomic E-state index is 11.4. The average Bonchev–Trinajstić information content (AvgIpc) is 3.22. The Morgan fingerprint density at radius 2 is 1.89 bits per heavy atom. The largest absolute Gasteiger partial charge is 0.493 e. The molecule has 0 spiro atoms. The van der Waals surface area contributed by atoms with Crippen molar-refractivity contribution in [3.05, 3.63) is 17.8 Å². The van der Waals surface area contributed by atoms with Gasteiger partial charge in [-0.3, -0.25) is 9.69 Å². The lowest BCUT2D eigenvalue weighted by Crippen LogP contribution is -2.47. The van der Waals surface area contributed by atoms with Crippen LogP contribution in [0.5, 0.6) is 5.75 Å². The first-order chi connectivity index (χ1) is 13.7. The second kappa shape index (κ2) is 9.23. The van der Waals surface area contributed by atoms with Crippen LogP contribution in [0.15, 0.2) is 12.3 Å². The number of aliphatic hydroxyl groups excluding tert-OH is 1. The Morgan fingerprint density at radius 1 is 1.14 bits per heavy atom. The van der Waals surface area contributed by atoms with Crippen LogP contribution < -0.4 is 9.64 Å². The molecule has 1 N–H and O–H groups in total. The highest BCUT2D eigenvalue weighted by Gasteiger charge is 2.26. The zero-order valence-electron chi connectivity index (χ0n) is 16.8. The first-order valence-corrected chi connectivity index (χ1v) is 10.9. The molecule has 0 unspecified atom stereocenters. The monoisotopic (exact) mass is 387 g/mol. The van der Waals surface area contributed by atoms with Crippen molar-refractivity contribution in [2.45, 2.75) is 44.9 Å². The van der Waals surface area contributed by atoms with Crippen LogP contribution in [0.2, 0.25) is 0 Å². The molecule has 0 atom stereocenters. The van der Waals surface area contributed by atoms with E-state index in [1.165, 1.54) is 31.4 Å². The number of nitrogens with zero attached hydrogens (tertiary/aromatic N) is 3. The number of ether oxygens (including phenoxy) is 1. The number of carbonyl (C=O) groups is 1. The highest BCUT2D eigenvalue weighted by atomic mass is 16.5. The van der Waals surface area contributed by atoms with Gasteiger partial charge in [-0.15, -0.1) is 0 Å². The zero-order chi connectivity index (χ0) is 19.3. The van der Waals surface area contributed by atoms with Gasteiger partial charge in [0.05, 0.1) is 6.61 Å². The summed E-state index contributed by atoms with van der Waals surface area (Å²) in [4.78, 5) is 21.1. The molecule has 1 saturated heterocycles. The summed E-state index contributed by atoms with van der Waals surface area (Å²) in [6.07, 6.45) is 9.48. The van der Waals surface area contributed by atoms with Crippen LogP contribution in [0.1, 0.15) is 44.1 Å². The van der Waals surface area contributed by atoms with E-state index >= 15 is 0 Å². The van der Waals surface area contributed by atoms with Gasteiger partial charge in [0.15, 0.2) is 5.78 Å². The van der Waals surface area contributed by atoms with E-state index < -0.39 is 0 Å². The average molecular weight is 388 g/mol. The number of pyridine rings is 1. The minimum atomic E-state index is -0.291. The Bertz CT molecular complexity index is 665. The second-order valence-corrected chi connectivity index (χ2v) is 8.61. The number of anilines is 1. The molecule has 0 aromatic carbocycles. The van der Waals surface area contributed by atoms with E-state index in [4.69, 9.17) is 9.84 Å². The molecule has 1 aliphatic carbocycles. The maximum Gasteiger partial charge on any atom is 0.158 e. The molecule has 1 aromatic rings. The zero-order valence-corrected chi connectivity index (χ0v) is 16.8. The number of hydrogen-bond donors (Lipinski definition) is 1. The number of aromatic nitrogens is 1. The van der Waals surface area contributed by atoms with Crippen molar-refractivity contribution in [1.29, 1.82) is 0 Å². The highest BCUT2D eigenvalue weighted by Crippen LogP contribution is 2.34. The standard InChI is InChI=1S/C22H33N3O3/c26-16-19(27)15-18-3-1-17(2-4-18)6-9-24-10-12-25(13-11-24)22-20-7-14-28-21(20)5-8-23-22/h5,8,17-18,26H,1-4,6-7,9-16H2. The van der Waals surface area contributed by atoms with Gasteiger partial charge in [-0.25, -0.2) is 4.98 Å². The van der Waals surface area contributed by atoms with Crippen LogP contribution in [0.25, 0.3) is 0 Å². The lowest BCUT2D eigenvalue weighted by molar-refractivity contribution is -0.122. The van der Waals surface area contributed by atoms with E-state index in [2.05, 4.69) is 14.8 Å². The van der Waals surface area contributed by atoms with Crippen LogP contribution in [0.4, 0.5) is 5.82 Å². The van der Waals surface area contributed by atoms with Crippen LogP contribution in [0, 0.1) is 11.8 Å². The van der Waals surface area contributed by atoms with Gasteiger partial charge in [0.1, 0.15) is 18.2 Å². The summed E-state index contributed by atoms with van der Waals surface area (Å²) in [5, 5.41) is 8.91. The van der Waals surface area contributed by atoms with Gasteiger partial charge in [0.25, 0.3) is 0 Å². The summed E-state index contributed by atoms with van der Waals surface area (Å²) in [5.41, 5.74) is 1.28. The third kappa shape index (κ3) is 4.66. The fourth-order valence-electron chi connectivity index (χ4n) is 5.03. The second-order valence-electron chi connectivity index (χ2n) is 8.61. The molecule has 6 nitrogen and oxygen atoms in total. The Kier molecular flexibility index (Phi) is 6.47. The Hall–Kier alpha value is -1.66.